The SMILES string of the molecule is C#CC1CCC(C2CCC(CCCCC)CC2)CO1. The van der Waals surface area contributed by atoms with Gasteiger partial charge < -0.3 is 4.74 Å². The van der Waals surface area contributed by atoms with Crippen LogP contribution in [0.4, 0.5) is 0 Å². The van der Waals surface area contributed by atoms with Gasteiger partial charge >= 0.3 is 0 Å². The molecule has 0 aromatic rings. The molecule has 2 fully saturated rings. The lowest BCUT2D eigenvalue weighted by atomic mass is 9.73. The minimum Gasteiger partial charge on any atom is -0.365 e. The third-order valence-corrected chi connectivity index (χ3v) is 5.27. The molecule has 0 amide bonds. The van der Waals surface area contributed by atoms with Crippen molar-refractivity contribution in [2.75, 3.05) is 6.61 Å². The van der Waals surface area contributed by atoms with Crippen LogP contribution in [0.3, 0.4) is 0 Å². The van der Waals surface area contributed by atoms with Crippen molar-refractivity contribution in [2.24, 2.45) is 17.8 Å². The van der Waals surface area contributed by atoms with Crippen LogP contribution < -0.4 is 0 Å². The summed E-state index contributed by atoms with van der Waals surface area (Å²) >= 11 is 0. The van der Waals surface area contributed by atoms with E-state index in [2.05, 4.69) is 12.8 Å². The smallest absolute Gasteiger partial charge is 0.117 e. The van der Waals surface area contributed by atoms with Gasteiger partial charge in [0, 0.05) is 0 Å². The second kappa shape index (κ2) is 7.95. The fourth-order valence-corrected chi connectivity index (χ4v) is 3.91. The summed E-state index contributed by atoms with van der Waals surface area (Å²) in [5.74, 6) is 5.47. The molecule has 1 aliphatic heterocycles. The highest BCUT2D eigenvalue weighted by Crippen LogP contribution is 2.39. The van der Waals surface area contributed by atoms with Gasteiger partial charge in [-0.3, -0.25) is 0 Å². The Kier molecular flexibility index (Phi) is 6.24. The Balaban J connectivity index is 1.65. The van der Waals surface area contributed by atoms with E-state index in [0.29, 0.717) is 0 Å². The molecule has 2 unspecified atom stereocenters. The standard InChI is InChI=1S/C18H30O/c1-3-5-6-7-15-8-10-16(11-9-15)17-12-13-18(4-2)19-14-17/h2,15-18H,3,5-14H2,1H3. The first-order valence-corrected chi connectivity index (χ1v) is 8.41. The van der Waals surface area contributed by atoms with E-state index >= 15 is 0 Å². The Hall–Kier alpha value is -0.480. The molecule has 1 heteroatoms. The highest BCUT2D eigenvalue weighted by molar-refractivity contribution is 4.97. The van der Waals surface area contributed by atoms with Crippen molar-refractivity contribution in [3.8, 4) is 12.3 Å². The van der Waals surface area contributed by atoms with Gasteiger partial charge in [0.05, 0.1) is 6.61 Å². The third-order valence-electron chi connectivity index (χ3n) is 5.27. The van der Waals surface area contributed by atoms with Crippen molar-refractivity contribution in [1.82, 2.24) is 0 Å². The highest BCUT2D eigenvalue weighted by atomic mass is 16.5. The molecule has 2 aliphatic rings. The van der Waals surface area contributed by atoms with Gasteiger partial charge in [0.15, 0.2) is 0 Å². The van der Waals surface area contributed by atoms with E-state index in [1.54, 1.807) is 0 Å². The summed E-state index contributed by atoms with van der Waals surface area (Å²) in [7, 11) is 0. The molecule has 0 aromatic carbocycles. The zero-order chi connectivity index (χ0) is 13.5. The molecule has 0 radical (unpaired) electrons. The Morgan fingerprint density at radius 2 is 1.74 bits per heavy atom. The molecule has 0 spiro atoms. The Morgan fingerprint density at radius 3 is 2.32 bits per heavy atom. The monoisotopic (exact) mass is 262 g/mol. The molecule has 0 N–H and O–H groups in total. The minimum absolute atomic E-state index is 0.0987. The van der Waals surface area contributed by atoms with Crippen LogP contribution in [0.5, 0.6) is 0 Å². The summed E-state index contributed by atoms with van der Waals surface area (Å²) in [4.78, 5) is 0. The van der Waals surface area contributed by atoms with E-state index < -0.39 is 0 Å². The first kappa shape index (κ1) is 14.9. The van der Waals surface area contributed by atoms with E-state index in [1.807, 2.05) is 0 Å². The molecular weight excluding hydrogens is 232 g/mol. The van der Waals surface area contributed by atoms with Crippen LogP contribution in [0, 0.1) is 30.1 Å². The van der Waals surface area contributed by atoms with Crippen molar-refractivity contribution in [3.63, 3.8) is 0 Å². The van der Waals surface area contributed by atoms with E-state index in [-0.39, 0.29) is 6.10 Å². The number of ether oxygens (including phenoxy) is 1. The highest BCUT2D eigenvalue weighted by Gasteiger charge is 2.30. The topological polar surface area (TPSA) is 9.23 Å². The van der Waals surface area contributed by atoms with Gasteiger partial charge in [-0.05, 0) is 43.4 Å². The molecule has 19 heavy (non-hydrogen) atoms. The Labute approximate surface area is 119 Å². The number of terminal acetylenes is 1. The number of hydrogen-bond donors (Lipinski definition) is 0. The zero-order valence-corrected chi connectivity index (χ0v) is 12.6. The summed E-state index contributed by atoms with van der Waals surface area (Å²) in [6, 6.07) is 0. The third kappa shape index (κ3) is 4.53. The fraction of sp³-hybridized carbons (Fsp3) is 0.889. The van der Waals surface area contributed by atoms with Crippen LogP contribution in [-0.4, -0.2) is 12.7 Å². The van der Waals surface area contributed by atoms with Gasteiger partial charge in [0.1, 0.15) is 6.10 Å². The van der Waals surface area contributed by atoms with Crippen molar-refractivity contribution in [3.05, 3.63) is 0 Å². The molecule has 2 rings (SSSR count). The van der Waals surface area contributed by atoms with Crippen molar-refractivity contribution >= 4 is 0 Å². The maximum absolute atomic E-state index is 5.76. The van der Waals surface area contributed by atoms with E-state index in [1.165, 1.54) is 57.8 Å². The minimum atomic E-state index is 0.0987. The summed E-state index contributed by atoms with van der Waals surface area (Å²) in [6.07, 6.45) is 19.4. The Bertz CT molecular complexity index is 275. The van der Waals surface area contributed by atoms with Gasteiger partial charge in [0.2, 0.25) is 0 Å². The van der Waals surface area contributed by atoms with Gasteiger partial charge in [-0.15, -0.1) is 6.42 Å². The van der Waals surface area contributed by atoms with E-state index in [9.17, 15) is 0 Å². The second-order valence-electron chi connectivity index (χ2n) is 6.60. The number of hydrogen-bond acceptors (Lipinski definition) is 1. The van der Waals surface area contributed by atoms with Crippen LogP contribution in [0.25, 0.3) is 0 Å². The summed E-state index contributed by atoms with van der Waals surface area (Å²) in [5.41, 5.74) is 0. The molecule has 2 atom stereocenters. The van der Waals surface area contributed by atoms with Gasteiger partial charge in [-0.25, -0.2) is 0 Å². The quantitative estimate of drug-likeness (QED) is 0.511. The average Bonchev–Trinajstić information content (AvgIpc) is 2.48. The van der Waals surface area contributed by atoms with Crippen LogP contribution in [-0.2, 0) is 4.74 Å². The van der Waals surface area contributed by atoms with Crippen LogP contribution >= 0.6 is 0 Å². The molecule has 1 saturated carbocycles. The van der Waals surface area contributed by atoms with Crippen LogP contribution in [0.15, 0.2) is 0 Å². The molecular formula is C18H30O. The van der Waals surface area contributed by atoms with Crippen molar-refractivity contribution in [2.45, 2.75) is 77.2 Å². The molecule has 1 aliphatic carbocycles. The van der Waals surface area contributed by atoms with Crippen molar-refractivity contribution in [1.29, 1.82) is 0 Å². The predicted octanol–water partition coefficient (Wildman–Crippen LogP) is 4.80. The first-order valence-electron chi connectivity index (χ1n) is 8.41. The molecule has 1 nitrogen and oxygen atoms in total. The lowest BCUT2D eigenvalue weighted by Crippen LogP contribution is -2.31. The summed E-state index contributed by atoms with van der Waals surface area (Å²) < 4.78 is 5.76. The summed E-state index contributed by atoms with van der Waals surface area (Å²) in [5, 5.41) is 0. The lowest BCUT2D eigenvalue weighted by molar-refractivity contribution is -0.0125. The molecule has 0 aromatic heterocycles. The van der Waals surface area contributed by atoms with E-state index in [0.717, 1.165) is 30.8 Å². The molecule has 1 saturated heterocycles. The average molecular weight is 262 g/mol. The van der Waals surface area contributed by atoms with Crippen LogP contribution in [0.1, 0.15) is 71.1 Å². The number of rotatable bonds is 5. The van der Waals surface area contributed by atoms with Crippen LogP contribution in [0.2, 0.25) is 0 Å². The Morgan fingerprint density at radius 1 is 1.00 bits per heavy atom. The molecule has 1 heterocycles. The van der Waals surface area contributed by atoms with Gasteiger partial charge in [-0.1, -0.05) is 51.4 Å². The van der Waals surface area contributed by atoms with Gasteiger partial charge in [-0.2, -0.15) is 0 Å². The van der Waals surface area contributed by atoms with Gasteiger partial charge in [0.25, 0.3) is 0 Å². The predicted molar refractivity (Wildman–Crippen MR) is 80.9 cm³/mol. The normalized spacial score (nSPS) is 35.8. The van der Waals surface area contributed by atoms with Crippen molar-refractivity contribution < 1.29 is 4.74 Å². The first-order chi connectivity index (χ1) is 9.33. The summed E-state index contributed by atoms with van der Waals surface area (Å²) in [6.45, 7) is 3.21. The maximum atomic E-state index is 5.76. The maximum Gasteiger partial charge on any atom is 0.117 e. The zero-order valence-electron chi connectivity index (χ0n) is 12.6. The lowest BCUT2D eigenvalue weighted by Gasteiger charge is -2.37. The van der Waals surface area contributed by atoms with E-state index in [4.69, 9.17) is 11.2 Å². The number of unbranched alkanes of at least 4 members (excludes halogenated alkanes) is 2. The molecule has 108 valence electrons. The fourth-order valence-electron chi connectivity index (χ4n) is 3.91. The largest absolute Gasteiger partial charge is 0.365 e. The molecule has 0 bridgehead atoms. The second-order valence-corrected chi connectivity index (χ2v) is 6.60.